The van der Waals surface area contributed by atoms with E-state index < -0.39 is 0 Å². The highest BCUT2D eigenvalue weighted by molar-refractivity contribution is 5.81. The highest BCUT2D eigenvalue weighted by atomic mass is 15.0. The summed E-state index contributed by atoms with van der Waals surface area (Å²) < 4.78 is 2.48. The lowest BCUT2D eigenvalue weighted by Crippen LogP contribution is -2.35. The second-order valence-corrected chi connectivity index (χ2v) is 7.13. The van der Waals surface area contributed by atoms with Crippen molar-refractivity contribution in [3.05, 3.63) is 36.0 Å². The number of para-hydroxylation sites is 1. The van der Waals surface area contributed by atoms with E-state index in [-0.39, 0.29) is 5.54 Å². The SMILES string of the molecule is CC(C)CCn1c(CNC(C)(C)C)cc2ccccc21. The van der Waals surface area contributed by atoms with Crippen molar-refractivity contribution in [3.8, 4) is 0 Å². The Balaban J connectivity index is 2.28. The molecule has 0 atom stereocenters. The molecule has 0 amide bonds. The van der Waals surface area contributed by atoms with Crippen LogP contribution in [-0.4, -0.2) is 10.1 Å². The molecule has 0 aliphatic carbocycles. The average molecular weight is 272 g/mol. The van der Waals surface area contributed by atoms with E-state index in [2.05, 4.69) is 74.8 Å². The molecule has 0 unspecified atom stereocenters. The summed E-state index contributed by atoms with van der Waals surface area (Å²) in [5.41, 5.74) is 2.90. The molecule has 0 fully saturated rings. The number of fused-ring (bicyclic) bond motifs is 1. The Kier molecular flexibility index (Phi) is 4.54. The molecule has 2 rings (SSSR count). The highest BCUT2D eigenvalue weighted by Crippen LogP contribution is 2.21. The molecule has 2 heteroatoms. The largest absolute Gasteiger partial charge is 0.343 e. The molecule has 0 aliphatic rings. The van der Waals surface area contributed by atoms with Gasteiger partial charge in [-0.3, -0.25) is 0 Å². The third-order valence-electron chi connectivity index (χ3n) is 3.63. The lowest BCUT2D eigenvalue weighted by molar-refractivity contribution is 0.413. The maximum absolute atomic E-state index is 3.61. The van der Waals surface area contributed by atoms with Crippen molar-refractivity contribution in [3.63, 3.8) is 0 Å². The Labute approximate surface area is 123 Å². The van der Waals surface area contributed by atoms with Gasteiger partial charge in [-0.2, -0.15) is 0 Å². The van der Waals surface area contributed by atoms with E-state index in [0.29, 0.717) is 0 Å². The molecule has 1 aromatic carbocycles. The molecule has 0 radical (unpaired) electrons. The molecule has 0 bridgehead atoms. The van der Waals surface area contributed by atoms with Crippen LogP contribution in [0.4, 0.5) is 0 Å². The van der Waals surface area contributed by atoms with Crippen LogP contribution >= 0.6 is 0 Å². The zero-order chi connectivity index (χ0) is 14.8. The number of nitrogens with one attached hydrogen (secondary N) is 1. The summed E-state index contributed by atoms with van der Waals surface area (Å²) in [6, 6.07) is 11.0. The van der Waals surface area contributed by atoms with Crippen LogP contribution in [0.3, 0.4) is 0 Å². The number of aromatic nitrogens is 1. The zero-order valence-electron chi connectivity index (χ0n) is 13.5. The van der Waals surface area contributed by atoms with Crippen LogP contribution < -0.4 is 5.32 Å². The van der Waals surface area contributed by atoms with Crippen LogP contribution in [0.25, 0.3) is 10.9 Å². The van der Waals surface area contributed by atoms with Gasteiger partial charge in [0.05, 0.1) is 0 Å². The van der Waals surface area contributed by atoms with Crippen LogP contribution in [0.2, 0.25) is 0 Å². The van der Waals surface area contributed by atoms with Gasteiger partial charge in [0.15, 0.2) is 0 Å². The van der Waals surface area contributed by atoms with Gasteiger partial charge >= 0.3 is 0 Å². The average Bonchev–Trinajstić information content (AvgIpc) is 2.71. The van der Waals surface area contributed by atoms with Gasteiger partial charge in [0.2, 0.25) is 0 Å². The second kappa shape index (κ2) is 6.01. The van der Waals surface area contributed by atoms with Gasteiger partial charge in [-0.25, -0.2) is 0 Å². The molecule has 1 aromatic heterocycles. The zero-order valence-corrected chi connectivity index (χ0v) is 13.5. The summed E-state index contributed by atoms with van der Waals surface area (Å²) in [6.45, 7) is 13.3. The number of hydrogen-bond donors (Lipinski definition) is 1. The predicted molar refractivity (Wildman–Crippen MR) is 88.0 cm³/mol. The molecule has 1 heterocycles. The summed E-state index contributed by atoms with van der Waals surface area (Å²) in [4.78, 5) is 0. The number of hydrogen-bond acceptors (Lipinski definition) is 1. The van der Waals surface area contributed by atoms with Crippen LogP contribution in [0.5, 0.6) is 0 Å². The van der Waals surface area contributed by atoms with Crippen LogP contribution in [0, 0.1) is 5.92 Å². The topological polar surface area (TPSA) is 17.0 Å². The van der Waals surface area contributed by atoms with Gasteiger partial charge in [0, 0.05) is 29.8 Å². The van der Waals surface area contributed by atoms with Gasteiger partial charge in [0.1, 0.15) is 0 Å². The molecule has 2 nitrogen and oxygen atoms in total. The monoisotopic (exact) mass is 272 g/mol. The minimum absolute atomic E-state index is 0.152. The minimum Gasteiger partial charge on any atom is -0.343 e. The molecular weight excluding hydrogens is 244 g/mol. The van der Waals surface area contributed by atoms with Crippen LogP contribution in [-0.2, 0) is 13.1 Å². The standard InChI is InChI=1S/C18H28N2/c1-14(2)10-11-20-16(13-19-18(3,4)5)12-15-8-6-7-9-17(15)20/h6-9,12,14,19H,10-11,13H2,1-5H3. The first-order valence-corrected chi connectivity index (χ1v) is 7.69. The van der Waals surface area contributed by atoms with Crippen molar-refractivity contribution in [2.75, 3.05) is 0 Å². The van der Waals surface area contributed by atoms with Gasteiger partial charge in [-0.1, -0.05) is 32.0 Å². The Morgan fingerprint density at radius 2 is 1.85 bits per heavy atom. The molecule has 110 valence electrons. The molecule has 0 spiro atoms. The Hall–Kier alpha value is -1.28. The molecular formula is C18H28N2. The van der Waals surface area contributed by atoms with Crippen molar-refractivity contribution in [2.45, 2.75) is 59.7 Å². The van der Waals surface area contributed by atoms with E-state index in [1.54, 1.807) is 0 Å². The van der Waals surface area contributed by atoms with Crippen molar-refractivity contribution >= 4 is 10.9 Å². The van der Waals surface area contributed by atoms with E-state index in [1.807, 2.05) is 0 Å². The lowest BCUT2D eigenvalue weighted by Gasteiger charge is -2.21. The maximum Gasteiger partial charge on any atom is 0.0482 e. The Morgan fingerprint density at radius 1 is 1.15 bits per heavy atom. The summed E-state index contributed by atoms with van der Waals surface area (Å²) >= 11 is 0. The van der Waals surface area contributed by atoms with Crippen molar-refractivity contribution in [1.82, 2.24) is 9.88 Å². The lowest BCUT2D eigenvalue weighted by atomic mass is 10.1. The Morgan fingerprint density at radius 3 is 2.50 bits per heavy atom. The molecule has 0 saturated carbocycles. The fourth-order valence-electron chi connectivity index (χ4n) is 2.42. The third-order valence-corrected chi connectivity index (χ3v) is 3.63. The normalized spacial score (nSPS) is 12.5. The second-order valence-electron chi connectivity index (χ2n) is 7.13. The predicted octanol–water partition coefficient (Wildman–Crippen LogP) is 4.58. The summed E-state index contributed by atoms with van der Waals surface area (Å²) in [7, 11) is 0. The number of aryl methyl sites for hydroxylation is 1. The molecule has 1 N–H and O–H groups in total. The first-order valence-electron chi connectivity index (χ1n) is 7.69. The van der Waals surface area contributed by atoms with Crippen LogP contribution in [0.15, 0.2) is 30.3 Å². The van der Waals surface area contributed by atoms with E-state index in [4.69, 9.17) is 0 Å². The van der Waals surface area contributed by atoms with Crippen molar-refractivity contribution in [2.24, 2.45) is 5.92 Å². The molecule has 2 aromatic rings. The van der Waals surface area contributed by atoms with Crippen molar-refractivity contribution in [1.29, 1.82) is 0 Å². The minimum atomic E-state index is 0.152. The van der Waals surface area contributed by atoms with Crippen LogP contribution in [0.1, 0.15) is 46.7 Å². The van der Waals surface area contributed by atoms with Gasteiger partial charge in [0.25, 0.3) is 0 Å². The van der Waals surface area contributed by atoms with Gasteiger partial charge in [-0.15, -0.1) is 0 Å². The highest BCUT2D eigenvalue weighted by Gasteiger charge is 2.13. The number of nitrogens with zero attached hydrogens (tertiary/aromatic N) is 1. The fraction of sp³-hybridized carbons (Fsp3) is 0.556. The quantitative estimate of drug-likeness (QED) is 0.843. The summed E-state index contributed by atoms with van der Waals surface area (Å²) in [5, 5.41) is 4.96. The first-order chi connectivity index (χ1) is 9.37. The third kappa shape index (κ3) is 3.86. The molecule has 20 heavy (non-hydrogen) atoms. The van der Waals surface area contributed by atoms with E-state index >= 15 is 0 Å². The van der Waals surface area contributed by atoms with E-state index in [0.717, 1.165) is 19.0 Å². The first kappa shape index (κ1) is 15.1. The Bertz CT molecular complexity index is 558. The number of rotatable bonds is 5. The summed E-state index contributed by atoms with van der Waals surface area (Å²) in [6.07, 6.45) is 1.22. The maximum atomic E-state index is 3.61. The smallest absolute Gasteiger partial charge is 0.0482 e. The van der Waals surface area contributed by atoms with Gasteiger partial charge in [-0.05, 0) is 50.6 Å². The fourth-order valence-corrected chi connectivity index (χ4v) is 2.42. The molecule has 0 saturated heterocycles. The number of benzene rings is 1. The van der Waals surface area contributed by atoms with Gasteiger partial charge < -0.3 is 9.88 Å². The van der Waals surface area contributed by atoms with Crippen molar-refractivity contribution < 1.29 is 0 Å². The van der Waals surface area contributed by atoms with E-state index in [9.17, 15) is 0 Å². The molecule has 0 aliphatic heterocycles. The van der Waals surface area contributed by atoms with E-state index in [1.165, 1.54) is 23.0 Å². The summed E-state index contributed by atoms with van der Waals surface area (Å²) in [5.74, 6) is 0.736.